The summed E-state index contributed by atoms with van der Waals surface area (Å²) in [7, 11) is -3.66. The molecule has 0 radical (unpaired) electrons. The molecule has 0 amide bonds. The fraction of sp³-hybridized carbons (Fsp3) is 0.556. The molecule has 1 fully saturated rings. The SMILES string of the molecule is CCn1cc(S(=O)(=O)N2CCC(COc3cccc(C(F)(F)F)n3)CC2)nc1C. The number of aromatic nitrogens is 3. The number of halogens is 3. The molecule has 3 rings (SSSR count). The topological polar surface area (TPSA) is 77.3 Å². The van der Waals surface area contributed by atoms with Crippen molar-refractivity contribution in [2.45, 2.75) is 44.4 Å². The van der Waals surface area contributed by atoms with Crippen molar-refractivity contribution in [3.05, 3.63) is 35.9 Å². The Morgan fingerprint density at radius 2 is 1.90 bits per heavy atom. The minimum absolute atomic E-state index is 0.0349. The molecule has 11 heteroatoms. The maximum atomic E-state index is 12.8. The van der Waals surface area contributed by atoms with Gasteiger partial charge in [0.05, 0.1) is 6.61 Å². The minimum Gasteiger partial charge on any atom is -0.477 e. The Kier molecular flexibility index (Phi) is 6.18. The standard InChI is InChI=1S/C18H23F3N4O3S/c1-3-24-11-17(22-13(24)2)29(26,27)25-9-7-14(8-10-25)12-28-16-6-4-5-15(23-16)18(19,20)21/h4-6,11,14H,3,7-10,12H2,1-2H3. The van der Waals surface area contributed by atoms with Gasteiger partial charge in [0.1, 0.15) is 11.5 Å². The van der Waals surface area contributed by atoms with Crippen molar-refractivity contribution in [3.63, 3.8) is 0 Å². The number of ether oxygens (including phenoxy) is 1. The Morgan fingerprint density at radius 3 is 2.48 bits per heavy atom. The van der Waals surface area contributed by atoms with Crippen LogP contribution in [0.25, 0.3) is 0 Å². The second kappa shape index (κ2) is 8.31. The predicted molar refractivity (Wildman–Crippen MR) is 98.9 cm³/mol. The van der Waals surface area contributed by atoms with Crippen molar-refractivity contribution >= 4 is 10.0 Å². The van der Waals surface area contributed by atoms with Gasteiger partial charge < -0.3 is 9.30 Å². The summed E-state index contributed by atoms with van der Waals surface area (Å²) in [6.07, 6.45) is -1.89. The number of pyridine rings is 1. The summed E-state index contributed by atoms with van der Waals surface area (Å²) < 4.78 is 72.3. The summed E-state index contributed by atoms with van der Waals surface area (Å²) in [5.41, 5.74) is -1.00. The zero-order valence-electron chi connectivity index (χ0n) is 16.2. The van der Waals surface area contributed by atoms with Gasteiger partial charge in [-0.05, 0) is 38.7 Å². The molecule has 2 aromatic rings. The maximum Gasteiger partial charge on any atom is 0.433 e. The first-order chi connectivity index (χ1) is 13.6. The normalized spacial score (nSPS) is 16.9. The van der Waals surface area contributed by atoms with Crippen molar-refractivity contribution in [2.75, 3.05) is 19.7 Å². The van der Waals surface area contributed by atoms with Crippen molar-refractivity contribution in [2.24, 2.45) is 5.92 Å². The van der Waals surface area contributed by atoms with Gasteiger partial charge in [0, 0.05) is 31.9 Å². The third kappa shape index (κ3) is 4.89. The zero-order chi connectivity index (χ0) is 21.2. The molecule has 0 unspecified atom stereocenters. The monoisotopic (exact) mass is 432 g/mol. The van der Waals surface area contributed by atoms with E-state index in [-0.39, 0.29) is 23.4 Å². The van der Waals surface area contributed by atoms with E-state index in [1.807, 2.05) is 6.92 Å². The predicted octanol–water partition coefficient (Wildman–Crippen LogP) is 3.10. The molecule has 7 nitrogen and oxygen atoms in total. The fourth-order valence-corrected chi connectivity index (χ4v) is 4.69. The van der Waals surface area contributed by atoms with E-state index in [9.17, 15) is 21.6 Å². The highest BCUT2D eigenvalue weighted by atomic mass is 32.2. The van der Waals surface area contributed by atoms with Crippen molar-refractivity contribution in [1.29, 1.82) is 0 Å². The van der Waals surface area contributed by atoms with E-state index >= 15 is 0 Å². The lowest BCUT2D eigenvalue weighted by molar-refractivity contribution is -0.141. The van der Waals surface area contributed by atoms with Crippen LogP contribution >= 0.6 is 0 Å². The van der Waals surface area contributed by atoms with Gasteiger partial charge in [0.2, 0.25) is 5.88 Å². The number of nitrogens with zero attached hydrogens (tertiary/aromatic N) is 4. The number of aryl methyl sites for hydroxylation is 2. The highest BCUT2D eigenvalue weighted by Crippen LogP contribution is 2.29. The third-order valence-corrected chi connectivity index (χ3v) is 6.72. The molecule has 0 spiro atoms. The van der Waals surface area contributed by atoms with Crippen molar-refractivity contribution in [3.8, 4) is 5.88 Å². The van der Waals surface area contributed by atoms with E-state index in [0.29, 0.717) is 38.3 Å². The van der Waals surface area contributed by atoms with Crippen LogP contribution in [-0.4, -0.2) is 47.0 Å². The minimum atomic E-state index is -4.53. The lowest BCUT2D eigenvalue weighted by Crippen LogP contribution is -2.39. The molecule has 1 saturated heterocycles. The summed E-state index contributed by atoms with van der Waals surface area (Å²) in [6, 6.07) is 3.51. The number of piperidine rings is 1. The Balaban J connectivity index is 1.56. The van der Waals surface area contributed by atoms with Gasteiger partial charge in [0.15, 0.2) is 5.03 Å². The number of hydrogen-bond donors (Lipinski definition) is 0. The van der Waals surface area contributed by atoms with E-state index in [4.69, 9.17) is 4.74 Å². The molecule has 1 aliphatic heterocycles. The van der Waals surface area contributed by atoms with Gasteiger partial charge in [-0.25, -0.2) is 18.4 Å². The van der Waals surface area contributed by atoms with Crippen LogP contribution in [0.2, 0.25) is 0 Å². The summed E-state index contributed by atoms with van der Waals surface area (Å²) in [6.45, 7) is 5.11. The molecule has 3 heterocycles. The molecule has 1 aliphatic rings. The van der Waals surface area contributed by atoms with E-state index < -0.39 is 21.9 Å². The van der Waals surface area contributed by atoms with E-state index in [0.717, 1.165) is 6.07 Å². The van der Waals surface area contributed by atoms with Crippen LogP contribution in [0, 0.1) is 12.8 Å². The molecule has 0 atom stereocenters. The number of rotatable bonds is 6. The largest absolute Gasteiger partial charge is 0.477 e. The van der Waals surface area contributed by atoms with Crippen LogP contribution < -0.4 is 4.74 Å². The molecule has 0 aliphatic carbocycles. The Labute approximate surface area is 167 Å². The first-order valence-electron chi connectivity index (χ1n) is 9.32. The zero-order valence-corrected chi connectivity index (χ0v) is 17.0. The van der Waals surface area contributed by atoms with Crippen LogP contribution in [0.1, 0.15) is 31.3 Å². The second-order valence-electron chi connectivity index (χ2n) is 6.93. The van der Waals surface area contributed by atoms with E-state index in [2.05, 4.69) is 9.97 Å². The van der Waals surface area contributed by atoms with Crippen molar-refractivity contribution < 1.29 is 26.3 Å². The van der Waals surface area contributed by atoms with Crippen LogP contribution in [0.15, 0.2) is 29.4 Å². The fourth-order valence-electron chi connectivity index (χ4n) is 3.23. The quantitative estimate of drug-likeness (QED) is 0.701. The van der Waals surface area contributed by atoms with Crippen LogP contribution in [0.3, 0.4) is 0 Å². The van der Waals surface area contributed by atoms with Gasteiger partial charge in [0.25, 0.3) is 10.0 Å². The summed E-state index contributed by atoms with van der Waals surface area (Å²) in [4.78, 5) is 7.64. The molecule has 29 heavy (non-hydrogen) atoms. The third-order valence-electron chi connectivity index (χ3n) is 4.95. The highest BCUT2D eigenvalue weighted by molar-refractivity contribution is 7.89. The average molecular weight is 432 g/mol. The molecular weight excluding hydrogens is 409 g/mol. The number of imidazole rings is 1. The maximum absolute atomic E-state index is 12.8. The first kappa shape index (κ1) is 21.6. The molecule has 0 bridgehead atoms. The lowest BCUT2D eigenvalue weighted by atomic mass is 9.99. The summed E-state index contributed by atoms with van der Waals surface area (Å²) >= 11 is 0. The highest BCUT2D eigenvalue weighted by Gasteiger charge is 2.33. The molecular formula is C18H23F3N4O3S. The Bertz CT molecular complexity index is 952. The van der Waals surface area contributed by atoms with Crippen LogP contribution in [0.5, 0.6) is 5.88 Å². The van der Waals surface area contributed by atoms with Gasteiger partial charge in [-0.1, -0.05) is 6.07 Å². The van der Waals surface area contributed by atoms with Crippen LogP contribution in [0.4, 0.5) is 13.2 Å². The Hall–Kier alpha value is -2.14. The number of alkyl halides is 3. The van der Waals surface area contributed by atoms with Gasteiger partial charge >= 0.3 is 6.18 Å². The smallest absolute Gasteiger partial charge is 0.433 e. The summed E-state index contributed by atoms with van der Waals surface area (Å²) in [5, 5.41) is 0.0414. The lowest BCUT2D eigenvalue weighted by Gasteiger charge is -2.30. The summed E-state index contributed by atoms with van der Waals surface area (Å²) in [5.74, 6) is 0.589. The number of hydrogen-bond acceptors (Lipinski definition) is 5. The van der Waals surface area contributed by atoms with Crippen molar-refractivity contribution in [1.82, 2.24) is 18.8 Å². The molecule has 0 saturated carbocycles. The van der Waals surface area contributed by atoms with E-state index in [1.165, 1.54) is 16.4 Å². The second-order valence-corrected chi connectivity index (χ2v) is 8.81. The van der Waals surface area contributed by atoms with Gasteiger partial charge in [-0.2, -0.15) is 17.5 Å². The first-order valence-corrected chi connectivity index (χ1v) is 10.8. The molecule has 2 aromatic heterocycles. The average Bonchev–Trinajstić information content (AvgIpc) is 3.08. The molecule has 0 N–H and O–H groups in total. The van der Waals surface area contributed by atoms with Gasteiger partial charge in [-0.3, -0.25) is 0 Å². The van der Waals surface area contributed by atoms with Crippen LogP contribution in [-0.2, 0) is 22.7 Å². The molecule has 0 aromatic carbocycles. The number of sulfonamides is 1. The molecule has 160 valence electrons. The van der Waals surface area contributed by atoms with Gasteiger partial charge in [-0.15, -0.1) is 0 Å². The van der Waals surface area contributed by atoms with E-state index in [1.54, 1.807) is 17.7 Å². The Morgan fingerprint density at radius 1 is 1.21 bits per heavy atom.